The van der Waals surface area contributed by atoms with Crippen LogP contribution < -0.4 is 10.1 Å². The molecule has 1 aromatic heterocycles. The van der Waals surface area contributed by atoms with Crippen LogP contribution in [0.3, 0.4) is 0 Å². The fourth-order valence-electron chi connectivity index (χ4n) is 2.26. The normalized spacial score (nSPS) is 10.5. The van der Waals surface area contributed by atoms with E-state index < -0.39 is 5.91 Å². The van der Waals surface area contributed by atoms with Crippen molar-refractivity contribution in [2.24, 2.45) is 0 Å². The van der Waals surface area contributed by atoms with Crippen molar-refractivity contribution in [2.45, 2.75) is 6.92 Å². The predicted octanol–water partition coefficient (Wildman–Crippen LogP) is 6.39. The van der Waals surface area contributed by atoms with Crippen LogP contribution in [0.1, 0.15) is 15.9 Å². The monoisotopic (exact) mass is 406 g/mol. The molecule has 0 aliphatic heterocycles. The van der Waals surface area contributed by atoms with Crippen molar-refractivity contribution in [1.82, 2.24) is 4.98 Å². The fraction of sp³-hybridized carbons (Fsp3) is 0.0526. The van der Waals surface area contributed by atoms with Gasteiger partial charge >= 0.3 is 0 Å². The quantitative estimate of drug-likeness (QED) is 0.545. The number of aryl methyl sites for hydroxylation is 1. The highest BCUT2D eigenvalue weighted by atomic mass is 35.5. The first-order valence-corrected chi connectivity index (χ1v) is 8.73. The van der Waals surface area contributed by atoms with Crippen molar-refractivity contribution in [3.05, 3.63) is 80.9 Å². The molecule has 132 valence electrons. The van der Waals surface area contributed by atoms with Gasteiger partial charge < -0.3 is 10.1 Å². The number of nitrogens with zero attached hydrogens (tertiary/aromatic N) is 1. The van der Waals surface area contributed by atoms with Crippen molar-refractivity contribution >= 4 is 46.4 Å². The Hall–Kier alpha value is -2.27. The number of rotatable bonds is 4. The molecule has 1 N–H and O–H groups in total. The number of pyridine rings is 1. The number of carbonyl (C=O) groups is 1. The number of hydrogen-bond donors (Lipinski definition) is 1. The third-order valence-electron chi connectivity index (χ3n) is 3.54. The number of nitrogens with one attached hydrogen (secondary N) is 1. The molecule has 7 heteroatoms. The highest BCUT2D eigenvalue weighted by Gasteiger charge is 2.15. The van der Waals surface area contributed by atoms with Gasteiger partial charge in [0.1, 0.15) is 5.75 Å². The van der Waals surface area contributed by atoms with Crippen LogP contribution in [0.5, 0.6) is 11.6 Å². The molecule has 1 heterocycles. The molecule has 3 aromatic rings. The van der Waals surface area contributed by atoms with E-state index in [0.29, 0.717) is 22.3 Å². The van der Waals surface area contributed by atoms with Crippen LogP contribution in [0, 0.1) is 6.92 Å². The Kier molecular flexibility index (Phi) is 5.67. The van der Waals surface area contributed by atoms with Gasteiger partial charge in [-0.05, 0) is 48.9 Å². The molecule has 0 radical (unpaired) electrons. The summed E-state index contributed by atoms with van der Waals surface area (Å²) >= 11 is 18.0. The lowest BCUT2D eigenvalue weighted by Crippen LogP contribution is -2.13. The highest BCUT2D eigenvalue weighted by Crippen LogP contribution is 2.28. The van der Waals surface area contributed by atoms with Gasteiger partial charge in [-0.1, -0.05) is 40.9 Å². The minimum absolute atomic E-state index is 0.216. The molecule has 0 unspecified atom stereocenters. The Labute approximate surface area is 165 Å². The van der Waals surface area contributed by atoms with E-state index in [1.54, 1.807) is 48.5 Å². The van der Waals surface area contributed by atoms with Crippen molar-refractivity contribution in [3.63, 3.8) is 0 Å². The van der Waals surface area contributed by atoms with Gasteiger partial charge in [0.2, 0.25) is 5.88 Å². The molecule has 0 bridgehead atoms. The highest BCUT2D eigenvalue weighted by molar-refractivity contribution is 6.40. The number of hydrogen-bond acceptors (Lipinski definition) is 3. The van der Waals surface area contributed by atoms with E-state index in [1.807, 2.05) is 6.92 Å². The number of anilines is 1. The second kappa shape index (κ2) is 7.96. The molecular weight excluding hydrogens is 395 g/mol. The van der Waals surface area contributed by atoms with Gasteiger partial charge in [0.25, 0.3) is 5.91 Å². The standard InChI is InChI=1S/C19H13Cl3N2O2/c1-11-9-12(20)5-7-16(11)26-17-8-6-13(10-23-17)24-19(25)18-14(21)3-2-4-15(18)22/h2-10H,1H3,(H,24,25). The zero-order valence-electron chi connectivity index (χ0n) is 13.6. The average Bonchev–Trinajstić information content (AvgIpc) is 2.59. The largest absolute Gasteiger partial charge is 0.439 e. The van der Waals surface area contributed by atoms with Crippen LogP contribution >= 0.6 is 34.8 Å². The molecule has 26 heavy (non-hydrogen) atoms. The number of aromatic nitrogens is 1. The van der Waals surface area contributed by atoms with E-state index in [4.69, 9.17) is 39.5 Å². The lowest BCUT2D eigenvalue weighted by atomic mass is 10.2. The number of halogens is 3. The van der Waals surface area contributed by atoms with Crippen molar-refractivity contribution < 1.29 is 9.53 Å². The zero-order chi connectivity index (χ0) is 18.7. The molecule has 3 rings (SSSR count). The number of carbonyl (C=O) groups excluding carboxylic acids is 1. The lowest BCUT2D eigenvalue weighted by molar-refractivity contribution is 0.102. The summed E-state index contributed by atoms with van der Waals surface area (Å²) in [5.74, 6) is 0.635. The molecule has 0 saturated carbocycles. The average molecular weight is 408 g/mol. The predicted molar refractivity (Wildman–Crippen MR) is 105 cm³/mol. The van der Waals surface area contributed by atoms with Gasteiger partial charge in [-0.2, -0.15) is 0 Å². The van der Waals surface area contributed by atoms with E-state index in [2.05, 4.69) is 10.3 Å². The maximum absolute atomic E-state index is 12.4. The van der Waals surface area contributed by atoms with Crippen molar-refractivity contribution in [2.75, 3.05) is 5.32 Å². The second-order valence-electron chi connectivity index (χ2n) is 5.45. The van der Waals surface area contributed by atoms with E-state index in [9.17, 15) is 4.79 Å². The Balaban J connectivity index is 1.72. The Morgan fingerprint density at radius 1 is 1.04 bits per heavy atom. The summed E-state index contributed by atoms with van der Waals surface area (Å²) in [5, 5.41) is 3.90. The van der Waals surface area contributed by atoms with Crippen LogP contribution in [0.2, 0.25) is 15.1 Å². The van der Waals surface area contributed by atoms with Crippen LogP contribution in [-0.4, -0.2) is 10.9 Å². The van der Waals surface area contributed by atoms with Gasteiger partial charge in [-0.25, -0.2) is 4.98 Å². The zero-order valence-corrected chi connectivity index (χ0v) is 15.9. The summed E-state index contributed by atoms with van der Waals surface area (Å²) in [6, 6.07) is 13.5. The molecule has 0 aliphatic rings. The van der Waals surface area contributed by atoms with Crippen molar-refractivity contribution in [3.8, 4) is 11.6 Å². The van der Waals surface area contributed by atoms with Crippen molar-refractivity contribution in [1.29, 1.82) is 0 Å². The molecule has 0 fully saturated rings. The van der Waals surface area contributed by atoms with E-state index >= 15 is 0 Å². The van der Waals surface area contributed by atoms with Crippen LogP contribution in [0.15, 0.2) is 54.7 Å². The van der Waals surface area contributed by atoms with E-state index in [1.165, 1.54) is 6.20 Å². The minimum Gasteiger partial charge on any atom is -0.439 e. The smallest absolute Gasteiger partial charge is 0.258 e. The summed E-state index contributed by atoms with van der Waals surface area (Å²) in [6.45, 7) is 1.89. The first-order valence-electron chi connectivity index (χ1n) is 7.59. The topological polar surface area (TPSA) is 51.2 Å². The molecule has 0 aliphatic carbocycles. The summed E-state index contributed by atoms with van der Waals surface area (Å²) in [7, 11) is 0. The van der Waals surface area contributed by atoms with E-state index in [-0.39, 0.29) is 15.6 Å². The molecule has 0 spiro atoms. The summed E-state index contributed by atoms with van der Waals surface area (Å²) in [6.07, 6.45) is 1.49. The van der Waals surface area contributed by atoms with Gasteiger partial charge in [0, 0.05) is 11.1 Å². The molecule has 1 amide bonds. The van der Waals surface area contributed by atoms with Crippen LogP contribution in [0.4, 0.5) is 5.69 Å². The van der Waals surface area contributed by atoms with Crippen LogP contribution in [-0.2, 0) is 0 Å². The Bertz CT molecular complexity index is 939. The summed E-state index contributed by atoms with van der Waals surface area (Å²) in [5.41, 5.74) is 1.60. The molecule has 2 aromatic carbocycles. The molecule has 0 saturated heterocycles. The maximum atomic E-state index is 12.4. The van der Waals surface area contributed by atoms with E-state index in [0.717, 1.165) is 5.56 Å². The minimum atomic E-state index is -0.412. The summed E-state index contributed by atoms with van der Waals surface area (Å²) in [4.78, 5) is 16.5. The van der Waals surface area contributed by atoms with Gasteiger partial charge in [0.15, 0.2) is 0 Å². The summed E-state index contributed by atoms with van der Waals surface area (Å²) < 4.78 is 5.72. The maximum Gasteiger partial charge on any atom is 0.258 e. The lowest BCUT2D eigenvalue weighted by Gasteiger charge is -2.10. The SMILES string of the molecule is Cc1cc(Cl)ccc1Oc1ccc(NC(=O)c2c(Cl)cccc2Cl)cn1. The third kappa shape index (κ3) is 4.28. The second-order valence-corrected chi connectivity index (χ2v) is 6.70. The van der Waals surface area contributed by atoms with Gasteiger partial charge in [-0.3, -0.25) is 4.79 Å². The Morgan fingerprint density at radius 2 is 1.77 bits per heavy atom. The number of amides is 1. The number of benzene rings is 2. The molecule has 0 atom stereocenters. The first kappa shape index (κ1) is 18.5. The number of ether oxygens (including phenoxy) is 1. The van der Waals surface area contributed by atoms with Gasteiger partial charge in [0.05, 0.1) is 27.5 Å². The van der Waals surface area contributed by atoms with Gasteiger partial charge in [-0.15, -0.1) is 0 Å². The first-order chi connectivity index (χ1) is 12.4. The fourth-order valence-corrected chi connectivity index (χ4v) is 3.06. The third-order valence-corrected chi connectivity index (χ3v) is 4.40. The van der Waals surface area contributed by atoms with Crippen LogP contribution in [0.25, 0.3) is 0 Å². The Morgan fingerprint density at radius 3 is 2.38 bits per heavy atom. The molecule has 4 nitrogen and oxygen atoms in total. The molecular formula is C19H13Cl3N2O2.